The minimum Gasteiger partial charge on any atom is -0.368 e. The van der Waals surface area contributed by atoms with Gasteiger partial charge in [-0.05, 0) is 142 Å². The highest BCUT2D eigenvalue weighted by Gasteiger charge is 2.54. The Bertz CT molecular complexity index is 964. The van der Waals surface area contributed by atoms with Gasteiger partial charge in [-0.15, -0.1) is 0 Å². The molecule has 0 spiro atoms. The highest BCUT2D eigenvalue weighted by molar-refractivity contribution is 5.28. The van der Waals surface area contributed by atoms with E-state index in [0.29, 0.717) is 11.8 Å². The van der Waals surface area contributed by atoms with E-state index < -0.39 is 6.29 Å². The van der Waals surface area contributed by atoms with Crippen LogP contribution >= 0.6 is 0 Å². The average Bonchev–Trinajstić information content (AvgIpc) is 3.70. The van der Waals surface area contributed by atoms with Crippen LogP contribution in [0.5, 0.6) is 0 Å². The van der Waals surface area contributed by atoms with Gasteiger partial charge in [-0.2, -0.15) is 0 Å². The summed E-state index contributed by atoms with van der Waals surface area (Å²) >= 11 is 0. The number of aliphatic hydroxyl groups is 1. The summed E-state index contributed by atoms with van der Waals surface area (Å²) in [6.45, 7) is 6.11. The molecule has 0 radical (unpaired) electrons. The molecule has 236 valence electrons. The highest BCUT2D eigenvalue weighted by Crippen LogP contribution is 2.60. The monoisotopic (exact) mass is 578 g/mol. The van der Waals surface area contributed by atoms with E-state index in [1.165, 1.54) is 116 Å². The van der Waals surface area contributed by atoms with Gasteiger partial charge in [0, 0.05) is 12.3 Å². The van der Waals surface area contributed by atoms with Crippen molar-refractivity contribution in [2.75, 3.05) is 6.61 Å². The molecule has 1 aliphatic heterocycles. The van der Waals surface area contributed by atoms with Gasteiger partial charge >= 0.3 is 0 Å². The van der Waals surface area contributed by atoms with Gasteiger partial charge < -0.3 is 14.6 Å². The molecule has 1 saturated heterocycles. The van der Waals surface area contributed by atoms with Crippen molar-refractivity contribution in [1.29, 1.82) is 0 Å². The third-order valence-corrected chi connectivity index (χ3v) is 15.4. The number of fused-ring (bicyclic) bond motifs is 4. The van der Waals surface area contributed by atoms with Crippen LogP contribution in [0.15, 0.2) is 11.1 Å². The largest absolute Gasteiger partial charge is 0.368 e. The second-order valence-electron chi connectivity index (χ2n) is 17.1. The minimum atomic E-state index is -0.625. The molecule has 8 aliphatic rings. The number of allylic oxidation sites excluding steroid dienone is 2. The summed E-state index contributed by atoms with van der Waals surface area (Å²) < 4.78 is 13.1. The van der Waals surface area contributed by atoms with Gasteiger partial charge in [0.2, 0.25) is 0 Å². The summed E-state index contributed by atoms with van der Waals surface area (Å²) in [5, 5.41) is 10.7. The molecule has 6 saturated carbocycles. The van der Waals surface area contributed by atoms with Gasteiger partial charge in [-0.25, -0.2) is 0 Å². The van der Waals surface area contributed by atoms with Crippen molar-refractivity contribution in [3.63, 3.8) is 0 Å². The maximum Gasteiger partial charge on any atom is 0.163 e. The number of ether oxygens (including phenoxy) is 2. The van der Waals surface area contributed by atoms with Crippen LogP contribution in [0.4, 0.5) is 0 Å². The van der Waals surface area contributed by atoms with Crippen LogP contribution in [0.3, 0.4) is 0 Å². The van der Waals surface area contributed by atoms with Crippen LogP contribution in [-0.2, 0) is 9.47 Å². The highest BCUT2D eigenvalue weighted by atomic mass is 16.7. The van der Waals surface area contributed by atoms with Gasteiger partial charge in [-0.3, -0.25) is 0 Å². The van der Waals surface area contributed by atoms with Crippen molar-refractivity contribution in [2.24, 2.45) is 76.9 Å². The molecule has 13 atom stereocenters. The van der Waals surface area contributed by atoms with E-state index in [1.54, 1.807) is 0 Å². The quantitative estimate of drug-likeness (QED) is 0.319. The summed E-state index contributed by atoms with van der Waals surface area (Å²) in [7, 11) is 0. The summed E-state index contributed by atoms with van der Waals surface area (Å²) in [6, 6.07) is 0. The Morgan fingerprint density at radius 3 is 2.00 bits per heavy atom. The Morgan fingerprint density at radius 1 is 0.643 bits per heavy atom. The second kappa shape index (κ2) is 12.1. The number of aliphatic hydroxyl groups excluding tert-OH is 1. The molecule has 0 aromatic rings. The van der Waals surface area contributed by atoms with Gasteiger partial charge in [0.25, 0.3) is 0 Å². The fourth-order valence-electron chi connectivity index (χ4n) is 13.4. The van der Waals surface area contributed by atoms with E-state index in [9.17, 15) is 5.11 Å². The molecule has 7 aliphatic carbocycles. The molecule has 0 aromatic carbocycles. The van der Waals surface area contributed by atoms with E-state index >= 15 is 0 Å². The maximum atomic E-state index is 10.7. The molecule has 1 N–H and O–H groups in total. The van der Waals surface area contributed by atoms with Crippen molar-refractivity contribution >= 4 is 0 Å². The standard InChI is InChI=1S/C39H62O3/c1-23-26-11-3-7-15-30(26)35(31-16-8-4-12-27(23)31)20-25-19-34(25)36-21-38(40)42-39(36)41-22-37-32-17-9-5-13-28(32)24(2)29-14-6-10-18-33(29)37/h23-30,32-34,36-40H,3-22H2,1-2H3. The number of hydrogen-bond donors (Lipinski definition) is 1. The molecule has 0 amide bonds. The molecule has 0 aromatic heterocycles. The third kappa shape index (κ3) is 5.20. The molecule has 3 heteroatoms. The predicted molar refractivity (Wildman–Crippen MR) is 168 cm³/mol. The van der Waals surface area contributed by atoms with Gasteiger partial charge in [-0.1, -0.05) is 69.9 Å². The van der Waals surface area contributed by atoms with Crippen LogP contribution in [-0.4, -0.2) is 24.3 Å². The third-order valence-electron chi connectivity index (χ3n) is 15.4. The Balaban J connectivity index is 0.956. The first-order valence-corrected chi connectivity index (χ1v) is 19.3. The number of hydrogen-bond acceptors (Lipinski definition) is 3. The Kier molecular flexibility index (Phi) is 8.36. The zero-order chi connectivity index (χ0) is 28.4. The topological polar surface area (TPSA) is 38.7 Å². The van der Waals surface area contributed by atoms with Crippen molar-refractivity contribution < 1.29 is 14.6 Å². The van der Waals surface area contributed by atoms with Crippen LogP contribution in [0.2, 0.25) is 0 Å². The fraction of sp³-hybridized carbons (Fsp3) is 0.949. The molecular weight excluding hydrogens is 516 g/mol. The molecule has 0 bridgehead atoms. The molecule has 8 rings (SSSR count). The van der Waals surface area contributed by atoms with E-state index in [4.69, 9.17) is 9.47 Å². The van der Waals surface area contributed by atoms with Crippen LogP contribution in [0, 0.1) is 76.9 Å². The first kappa shape index (κ1) is 29.1. The van der Waals surface area contributed by atoms with Crippen molar-refractivity contribution in [3.05, 3.63) is 11.1 Å². The first-order valence-electron chi connectivity index (χ1n) is 19.3. The van der Waals surface area contributed by atoms with Crippen LogP contribution in [0.1, 0.15) is 136 Å². The lowest BCUT2D eigenvalue weighted by Gasteiger charge is -2.55. The lowest BCUT2D eigenvalue weighted by molar-refractivity contribution is -0.212. The lowest BCUT2D eigenvalue weighted by atomic mass is 9.51. The molecule has 42 heavy (non-hydrogen) atoms. The SMILES string of the molecule is CC1C2CCCCC2=C(CC2CC2C2CC(O)OC2OCC2C3CCCCC3C(C)C3CCCCC32)C2CCCCC21. The summed E-state index contributed by atoms with van der Waals surface area (Å²) in [5.74, 6) is 10.7. The van der Waals surface area contributed by atoms with Gasteiger partial charge in [0.15, 0.2) is 12.6 Å². The van der Waals surface area contributed by atoms with Gasteiger partial charge in [0.05, 0.1) is 6.61 Å². The zero-order valence-electron chi connectivity index (χ0n) is 27.1. The average molecular weight is 579 g/mol. The second-order valence-corrected chi connectivity index (χ2v) is 17.1. The van der Waals surface area contributed by atoms with E-state index in [1.807, 2.05) is 11.1 Å². The van der Waals surface area contributed by atoms with Crippen molar-refractivity contribution in [1.82, 2.24) is 0 Å². The minimum absolute atomic E-state index is 0.174. The van der Waals surface area contributed by atoms with Crippen molar-refractivity contribution in [2.45, 2.75) is 148 Å². The Morgan fingerprint density at radius 2 is 1.26 bits per heavy atom. The Hall–Kier alpha value is -0.380. The zero-order valence-corrected chi connectivity index (χ0v) is 27.1. The molecular formula is C39H62O3. The molecule has 3 nitrogen and oxygen atoms in total. The van der Waals surface area contributed by atoms with E-state index in [0.717, 1.165) is 78.1 Å². The molecule has 1 heterocycles. The lowest BCUT2D eigenvalue weighted by Crippen LogP contribution is -2.49. The van der Waals surface area contributed by atoms with Gasteiger partial charge in [0.1, 0.15) is 0 Å². The fourth-order valence-corrected chi connectivity index (χ4v) is 13.4. The normalized spacial score (nSPS) is 52.2. The summed E-state index contributed by atoms with van der Waals surface area (Å²) in [4.78, 5) is 0. The summed E-state index contributed by atoms with van der Waals surface area (Å²) in [6.07, 6.45) is 25.8. The summed E-state index contributed by atoms with van der Waals surface area (Å²) in [5.41, 5.74) is 3.89. The van der Waals surface area contributed by atoms with E-state index in [2.05, 4.69) is 13.8 Å². The Labute approximate surface area is 257 Å². The predicted octanol–water partition coefficient (Wildman–Crippen LogP) is 9.53. The number of rotatable bonds is 6. The van der Waals surface area contributed by atoms with Crippen LogP contribution in [0.25, 0.3) is 0 Å². The first-order chi connectivity index (χ1) is 20.6. The molecule has 7 fully saturated rings. The maximum absolute atomic E-state index is 10.7. The van der Waals surface area contributed by atoms with Crippen LogP contribution < -0.4 is 0 Å². The van der Waals surface area contributed by atoms with E-state index in [-0.39, 0.29) is 6.29 Å². The molecule has 13 unspecified atom stereocenters. The smallest absolute Gasteiger partial charge is 0.163 e. The van der Waals surface area contributed by atoms with Crippen molar-refractivity contribution in [3.8, 4) is 0 Å².